The number of para-hydroxylation sites is 1. The van der Waals surface area contributed by atoms with Crippen molar-refractivity contribution in [2.45, 2.75) is 19.4 Å². The molecule has 1 aliphatic rings. The number of fused-ring (bicyclic) bond motifs is 1. The summed E-state index contributed by atoms with van der Waals surface area (Å²) in [4.78, 5) is 6.73. The lowest BCUT2D eigenvalue weighted by molar-refractivity contribution is 0.489. The monoisotopic (exact) mass is 345 g/mol. The third-order valence-corrected chi connectivity index (χ3v) is 4.52. The molecule has 110 valence electrons. The number of aromatic nitrogens is 1. The lowest BCUT2D eigenvalue weighted by Crippen LogP contribution is -2.40. The molecule has 1 aliphatic heterocycles. The Balaban J connectivity index is 2.01. The van der Waals surface area contributed by atoms with E-state index in [4.69, 9.17) is 5.73 Å². The summed E-state index contributed by atoms with van der Waals surface area (Å²) in [6.07, 6.45) is 4.87. The maximum atomic E-state index is 6.10. The van der Waals surface area contributed by atoms with Crippen LogP contribution in [-0.4, -0.2) is 18.1 Å². The van der Waals surface area contributed by atoms with Gasteiger partial charge in [0.15, 0.2) is 0 Å². The number of hydrogen-bond acceptors (Lipinski definition) is 3. The topological polar surface area (TPSA) is 42.1 Å². The Morgan fingerprint density at radius 3 is 2.95 bits per heavy atom. The second-order valence-corrected chi connectivity index (χ2v) is 6.69. The molecule has 21 heavy (non-hydrogen) atoms. The molecule has 0 saturated carbocycles. The van der Waals surface area contributed by atoms with Crippen molar-refractivity contribution in [1.29, 1.82) is 0 Å². The quantitative estimate of drug-likeness (QED) is 0.924. The molecule has 0 spiro atoms. The second-order valence-electron chi connectivity index (χ2n) is 5.78. The van der Waals surface area contributed by atoms with E-state index in [1.807, 2.05) is 12.4 Å². The standard InChI is InChI=1S/C17H20BrN3/c1-12-6-13-4-2-3-5-16(13)21(11-12)17(8-19)14-7-15(18)10-20-9-14/h2-5,7,9-10,12,17H,6,8,11,19H2,1H3. The van der Waals surface area contributed by atoms with Gasteiger partial charge >= 0.3 is 0 Å². The number of pyridine rings is 1. The van der Waals surface area contributed by atoms with Crippen LogP contribution in [0.1, 0.15) is 24.1 Å². The second kappa shape index (κ2) is 6.16. The number of hydrogen-bond donors (Lipinski definition) is 1. The van der Waals surface area contributed by atoms with Crippen LogP contribution in [0.5, 0.6) is 0 Å². The molecule has 2 aromatic rings. The summed E-state index contributed by atoms with van der Waals surface area (Å²) in [5, 5.41) is 0. The molecular formula is C17H20BrN3. The zero-order chi connectivity index (χ0) is 14.8. The lowest BCUT2D eigenvalue weighted by atomic mass is 9.91. The predicted octanol–water partition coefficient (Wildman–Crippen LogP) is 3.54. The van der Waals surface area contributed by atoms with Gasteiger partial charge in [0, 0.05) is 35.6 Å². The fourth-order valence-corrected chi connectivity index (χ4v) is 3.57. The summed E-state index contributed by atoms with van der Waals surface area (Å²) in [5.74, 6) is 0.633. The van der Waals surface area contributed by atoms with E-state index in [0.29, 0.717) is 12.5 Å². The van der Waals surface area contributed by atoms with Crippen molar-refractivity contribution >= 4 is 21.6 Å². The van der Waals surface area contributed by atoms with Crippen LogP contribution in [-0.2, 0) is 6.42 Å². The molecular weight excluding hydrogens is 326 g/mol. The van der Waals surface area contributed by atoms with Crippen LogP contribution in [0, 0.1) is 5.92 Å². The largest absolute Gasteiger partial charge is 0.363 e. The molecule has 0 saturated heterocycles. The first-order valence-electron chi connectivity index (χ1n) is 7.34. The highest BCUT2D eigenvalue weighted by Gasteiger charge is 2.27. The highest BCUT2D eigenvalue weighted by molar-refractivity contribution is 9.10. The number of benzene rings is 1. The Bertz CT molecular complexity index is 629. The normalized spacial score (nSPS) is 19.2. The minimum absolute atomic E-state index is 0.166. The summed E-state index contributed by atoms with van der Waals surface area (Å²) >= 11 is 3.51. The SMILES string of the molecule is CC1Cc2ccccc2N(C(CN)c2cncc(Br)c2)C1. The molecule has 1 aromatic carbocycles. The van der Waals surface area contributed by atoms with E-state index in [9.17, 15) is 0 Å². The molecule has 0 bridgehead atoms. The first-order chi connectivity index (χ1) is 10.2. The van der Waals surface area contributed by atoms with E-state index >= 15 is 0 Å². The summed E-state index contributed by atoms with van der Waals surface area (Å²) < 4.78 is 0.997. The van der Waals surface area contributed by atoms with E-state index in [0.717, 1.165) is 23.0 Å². The van der Waals surface area contributed by atoms with Gasteiger partial charge in [0.1, 0.15) is 0 Å². The molecule has 2 heterocycles. The van der Waals surface area contributed by atoms with E-state index in [2.05, 4.69) is 63.1 Å². The number of nitrogens with two attached hydrogens (primary N) is 1. The maximum Gasteiger partial charge on any atom is 0.0680 e. The van der Waals surface area contributed by atoms with Crippen LogP contribution in [0.25, 0.3) is 0 Å². The van der Waals surface area contributed by atoms with Gasteiger partial charge in [-0.2, -0.15) is 0 Å². The Morgan fingerprint density at radius 2 is 2.19 bits per heavy atom. The minimum Gasteiger partial charge on any atom is -0.363 e. The Kier molecular flexibility index (Phi) is 4.27. The fraction of sp³-hybridized carbons (Fsp3) is 0.353. The van der Waals surface area contributed by atoms with Crippen LogP contribution in [0.15, 0.2) is 47.2 Å². The molecule has 2 N–H and O–H groups in total. The Labute approximate surface area is 134 Å². The average Bonchev–Trinajstić information content (AvgIpc) is 2.48. The highest BCUT2D eigenvalue weighted by Crippen LogP contribution is 2.35. The van der Waals surface area contributed by atoms with E-state index < -0.39 is 0 Å². The highest BCUT2D eigenvalue weighted by atomic mass is 79.9. The number of nitrogens with zero attached hydrogens (tertiary/aromatic N) is 2. The smallest absolute Gasteiger partial charge is 0.0680 e. The first kappa shape index (κ1) is 14.5. The molecule has 1 aromatic heterocycles. The molecule has 0 amide bonds. The van der Waals surface area contributed by atoms with Gasteiger partial charge in [0.25, 0.3) is 0 Å². The third kappa shape index (κ3) is 2.97. The van der Waals surface area contributed by atoms with Crippen molar-refractivity contribution in [3.8, 4) is 0 Å². The van der Waals surface area contributed by atoms with Gasteiger partial charge in [-0.25, -0.2) is 0 Å². The van der Waals surface area contributed by atoms with Crippen LogP contribution >= 0.6 is 15.9 Å². The number of rotatable bonds is 3. The van der Waals surface area contributed by atoms with Crippen molar-refractivity contribution in [1.82, 2.24) is 4.98 Å². The van der Waals surface area contributed by atoms with Gasteiger partial charge in [0.2, 0.25) is 0 Å². The molecule has 3 nitrogen and oxygen atoms in total. The fourth-order valence-electron chi connectivity index (χ4n) is 3.19. The van der Waals surface area contributed by atoms with Crippen molar-refractivity contribution < 1.29 is 0 Å². The number of anilines is 1. The van der Waals surface area contributed by atoms with Crippen molar-refractivity contribution in [2.75, 3.05) is 18.0 Å². The van der Waals surface area contributed by atoms with Crippen LogP contribution in [0.2, 0.25) is 0 Å². The number of halogens is 1. The van der Waals surface area contributed by atoms with Crippen molar-refractivity contribution in [3.63, 3.8) is 0 Å². The van der Waals surface area contributed by atoms with Gasteiger partial charge in [-0.05, 0) is 51.5 Å². The molecule has 3 rings (SSSR count). The molecule has 0 aliphatic carbocycles. The predicted molar refractivity (Wildman–Crippen MR) is 90.4 cm³/mol. The zero-order valence-electron chi connectivity index (χ0n) is 12.2. The summed E-state index contributed by atoms with van der Waals surface area (Å²) in [6.45, 7) is 3.92. The van der Waals surface area contributed by atoms with Gasteiger partial charge in [-0.1, -0.05) is 25.1 Å². The molecule has 0 radical (unpaired) electrons. The Hall–Kier alpha value is -1.39. The summed E-state index contributed by atoms with van der Waals surface area (Å²) in [5.41, 5.74) is 9.99. The molecule has 4 heteroatoms. The molecule has 2 atom stereocenters. The summed E-state index contributed by atoms with van der Waals surface area (Å²) in [6, 6.07) is 10.9. The third-order valence-electron chi connectivity index (χ3n) is 4.09. The molecule has 0 fully saturated rings. The average molecular weight is 346 g/mol. The van der Waals surface area contributed by atoms with Gasteiger partial charge in [0.05, 0.1) is 6.04 Å². The summed E-state index contributed by atoms with van der Waals surface area (Å²) in [7, 11) is 0. The van der Waals surface area contributed by atoms with Gasteiger partial charge in [-0.3, -0.25) is 4.98 Å². The van der Waals surface area contributed by atoms with Crippen LogP contribution in [0.3, 0.4) is 0 Å². The maximum absolute atomic E-state index is 6.10. The van der Waals surface area contributed by atoms with E-state index in [1.165, 1.54) is 11.3 Å². The van der Waals surface area contributed by atoms with Gasteiger partial charge < -0.3 is 10.6 Å². The zero-order valence-corrected chi connectivity index (χ0v) is 13.8. The van der Waals surface area contributed by atoms with Gasteiger partial charge in [-0.15, -0.1) is 0 Å². The Morgan fingerprint density at radius 1 is 1.38 bits per heavy atom. The van der Waals surface area contributed by atoms with Crippen molar-refractivity contribution in [2.24, 2.45) is 11.7 Å². The van der Waals surface area contributed by atoms with Crippen molar-refractivity contribution in [3.05, 3.63) is 58.3 Å². The van der Waals surface area contributed by atoms with E-state index in [1.54, 1.807) is 0 Å². The lowest BCUT2D eigenvalue weighted by Gasteiger charge is -2.40. The minimum atomic E-state index is 0.166. The first-order valence-corrected chi connectivity index (χ1v) is 8.13. The van der Waals surface area contributed by atoms with Crippen LogP contribution < -0.4 is 10.6 Å². The molecule has 2 unspecified atom stereocenters. The van der Waals surface area contributed by atoms with E-state index in [-0.39, 0.29) is 6.04 Å². The van der Waals surface area contributed by atoms with Crippen LogP contribution in [0.4, 0.5) is 5.69 Å².